The fourth-order valence-electron chi connectivity index (χ4n) is 2.98. The lowest BCUT2D eigenvalue weighted by Crippen LogP contribution is -2.05. The van der Waals surface area contributed by atoms with Crippen LogP contribution in [0.25, 0.3) is 11.0 Å². The number of aryl methyl sites for hydroxylation is 2. The highest BCUT2D eigenvalue weighted by Gasteiger charge is 2.12. The summed E-state index contributed by atoms with van der Waals surface area (Å²) < 4.78 is 18.3. The molecule has 5 heteroatoms. The van der Waals surface area contributed by atoms with Crippen molar-refractivity contribution in [2.24, 2.45) is 0 Å². The maximum absolute atomic E-state index is 12.8. The fraction of sp³-hybridized carbons (Fsp3) is 0.125. The van der Waals surface area contributed by atoms with Gasteiger partial charge < -0.3 is 13.9 Å². The molecule has 0 radical (unpaired) electrons. The maximum Gasteiger partial charge on any atom is 0.235 e. The Morgan fingerprint density at radius 2 is 1.83 bits per heavy atom. The van der Waals surface area contributed by atoms with Gasteiger partial charge in [-0.2, -0.15) is 0 Å². The molecule has 4 nitrogen and oxygen atoms in total. The van der Waals surface area contributed by atoms with Crippen LogP contribution in [-0.2, 0) is 6.61 Å². The standard InChI is InChI=1S/C24H19BrO4/c1-15-6-7-16(2)21(10-15)29-23-14-28-22-12-19(8-9-20(22)24(23)26)27-13-17-4-3-5-18(25)11-17/h3-12,14H,13H2,1-2H3. The second-order valence-corrected chi connectivity index (χ2v) is 7.79. The summed E-state index contributed by atoms with van der Waals surface area (Å²) in [5.41, 5.74) is 3.29. The van der Waals surface area contributed by atoms with Crippen LogP contribution in [0.2, 0.25) is 0 Å². The summed E-state index contributed by atoms with van der Waals surface area (Å²) in [7, 11) is 0. The molecule has 0 amide bonds. The molecule has 0 aliphatic rings. The molecule has 0 N–H and O–H groups in total. The normalized spacial score (nSPS) is 10.9. The van der Waals surface area contributed by atoms with Gasteiger partial charge in [0.15, 0.2) is 0 Å². The third-order valence-corrected chi connectivity index (χ3v) is 5.07. The van der Waals surface area contributed by atoms with E-state index in [-0.39, 0.29) is 11.2 Å². The van der Waals surface area contributed by atoms with E-state index in [0.717, 1.165) is 21.2 Å². The number of ether oxygens (including phenoxy) is 2. The maximum atomic E-state index is 12.8. The predicted octanol–water partition coefficient (Wildman–Crippen LogP) is 6.54. The van der Waals surface area contributed by atoms with Crippen molar-refractivity contribution >= 4 is 26.9 Å². The van der Waals surface area contributed by atoms with Crippen LogP contribution < -0.4 is 14.9 Å². The number of halogens is 1. The Kier molecular flexibility index (Phi) is 5.41. The molecular formula is C24H19BrO4. The highest BCUT2D eigenvalue weighted by molar-refractivity contribution is 9.10. The topological polar surface area (TPSA) is 48.7 Å². The molecule has 0 saturated carbocycles. The summed E-state index contributed by atoms with van der Waals surface area (Å²) in [5.74, 6) is 1.43. The van der Waals surface area contributed by atoms with Gasteiger partial charge in [0.1, 0.15) is 30.0 Å². The zero-order valence-electron chi connectivity index (χ0n) is 16.1. The van der Waals surface area contributed by atoms with Crippen molar-refractivity contribution in [1.82, 2.24) is 0 Å². The van der Waals surface area contributed by atoms with Crippen LogP contribution in [0.3, 0.4) is 0 Å². The molecule has 1 heterocycles. The average molecular weight is 451 g/mol. The summed E-state index contributed by atoms with van der Waals surface area (Å²) in [6.45, 7) is 4.33. The summed E-state index contributed by atoms with van der Waals surface area (Å²) in [4.78, 5) is 12.8. The average Bonchev–Trinajstić information content (AvgIpc) is 2.71. The lowest BCUT2D eigenvalue weighted by molar-refractivity contribution is 0.306. The molecule has 1 aromatic heterocycles. The zero-order chi connectivity index (χ0) is 20.4. The first-order chi connectivity index (χ1) is 14.0. The minimum absolute atomic E-state index is 0.161. The van der Waals surface area contributed by atoms with E-state index in [2.05, 4.69) is 15.9 Å². The van der Waals surface area contributed by atoms with E-state index in [1.165, 1.54) is 6.26 Å². The van der Waals surface area contributed by atoms with Gasteiger partial charge in [-0.3, -0.25) is 4.79 Å². The lowest BCUT2D eigenvalue weighted by atomic mass is 10.1. The monoisotopic (exact) mass is 450 g/mol. The van der Waals surface area contributed by atoms with Crippen LogP contribution in [0.1, 0.15) is 16.7 Å². The van der Waals surface area contributed by atoms with Gasteiger partial charge in [-0.1, -0.05) is 40.2 Å². The third kappa shape index (κ3) is 4.35. The van der Waals surface area contributed by atoms with Crippen LogP contribution in [-0.4, -0.2) is 0 Å². The quantitative estimate of drug-likeness (QED) is 0.346. The molecule has 0 atom stereocenters. The Hall–Kier alpha value is -3.05. The van der Waals surface area contributed by atoms with Gasteiger partial charge in [0, 0.05) is 10.5 Å². The van der Waals surface area contributed by atoms with Crippen molar-refractivity contribution in [3.05, 3.63) is 98.3 Å². The first-order valence-electron chi connectivity index (χ1n) is 9.17. The fourth-order valence-corrected chi connectivity index (χ4v) is 3.43. The number of rotatable bonds is 5. The first kappa shape index (κ1) is 19.3. The SMILES string of the molecule is Cc1ccc(C)c(Oc2coc3cc(OCc4cccc(Br)c4)ccc3c2=O)c1. The van der Waals surface area contributed by atoms with E-state index in [1.54, 1.807) is 18.2 Å². The summed E-state index contributed by atoms with van der Waals surface area (Å²) >= 11 is 3.45. The van der Waals surface area contributed by atoms with Crippen molar-refractivity contribution in [3.8, 4) is 17.2 Å². The van der Waals surface area contributed by atoms with E-state index in [1.807, 2.05) is 56.3 Å². The van der Waals surface area contributed by atoms with Crippen molar-refractivity contribution in [1.29, 1.82) is 0 Å². The van der Waals surface area contributed by atoms with Crippen molar-refractivity contribution < 1.29 is 13.9 Å². The molecule has 4 aromatic rings. The van der Waals surface area contributed by atoms with Gasteiger partial charge in [0.05, 0.1) is 5.39 Å². The largest absolute Gasteiger partial charge is 0.489 e. The molecule has 0 fully saturated rings. The molecule has 0 unspecified atom stereocenters. The van der Waals surface area contributed by atoms with Crippen molar-refractivity contribution in [3.63, 3.8) is 0 Å². The third-order valence-electron chi connectivity index (χ3n) is 4.57. The molecule has 3 aromatic carbocycles. The number of hydrogen-bond acceptors (Lipinski definition) is 4. The predicted molar refractivity (Wildman–Crippen MR) is 117 cm³/mol. The molecule has 4 rings (SSSR count). The Morgan fingerprint density at radius 3 is 2.66 bits per heavy atom. The molecule has 146 valence electrons. The second kappa shape index (κ2) is 8.13. The molecular weight excluding hydrogens is 432 g/mol. The van der Waals surface area contributed by atoms with Gasteiger partial charge in [-0.05, 0) is 60.9 Å². The van der Waals surface area contributed by atoms with Gasteiger partial charge in [0.2, 0.25) is 11.2 Å². The van der Waals surface area contributed by atoms with Gasteiger partial charge >= 0.3 is 0 Å². The molecule has 0 spiro atoms. The Morgan fingerprint density at radius 1 is 0.966 bits per heavy atom. The number of hydrogen-bond donors (Lipinski definition) is 0. The van der Waals surface area contributed by atoms with Crippen LogP contribution in [0, 0.1) is 13.8 Å². The van der Waals surface area contributed by atoms with E-state index < -0.39 is 0 Å². The van der Waals surface area contributed by atoms with Crippen LogP contribution in [0.4, 0.5) is 0 Å². The van der Waals surface area contributed by atoms with Gasteiger partial charge in [-0.25, -0.2) is 0 Å². The zero-order valence-corrected chi connectivity index (χ0v) is 17.7. The molecule has 0 bridgehead atoms. The van der Waals surface area contributed by atoms with E-state index in [9.17, 15) is 4.79 Å². The van der Waals surface area contributed by atoms with E-state index in [0.29, 0.717) is 29.1 Å². The minimum Gasteiger partial charge on any atom is -0.489 e. The van der Waals surface area contributed by atoms with Gasteiger partial charge in [-0.15, -0.1) is 0 Å². The lowest BCUT2D eigenvalue weighted by Gasteiger charge is -2.10. The van der Waals surface area contributed by atoms with Gasteiger partial charge in [0.25, 0.3) is 0 Å². The second-order valence-electron chi connectivity index (χ2n) is 6.88. The Bertz CT molecular complexity index is 1240. The number of fused-ring (bicyclic) bond motifs is 1. The van der Waals surface area contributed by atoms with Crippen LogP contribution in [0.15, 0.2) is 80.6 Å². The highest BCUT2D eigenvalue weighted by atomic mass is 79.9. The minimum atomic E-state index is -0.217. The Balaban J connectivity index is 1.58. The summed E-state index contributed by atoms with van der Waals surface area (Å²) in [6.07, 6.45) is 1.35. The van der Waals surface area contributed by atoms with Crippen molar-refractivity contribution in [2.45, 2.75) is 20.5 Å². The summed E-state index contributed by atoms with van der Waals surface area (Å²) in [5, 5.41) is 0.447. The smallest absolute Gasteiger partial charge is 0.235 e. The molecule has 0 aliphatic heterocycles. The molecule has 0 aliphatic carbocycles. The van der Waals surface area contributed by atoms with Crippen LogP contribution >= 0.6 is 15.9 Å². The van der Waals surface area contributed by atoms with E-state index in [4.69, 9.17) is 13.9 Å². The molecule has 29 heavy (non-hydrogen) atoms. The van der Waals surface area contributed by atoms with Crippen molar-refractivity contribution in [2.75, 3.05) is 0 Å². The molecule has 0 saturated heterocycles. The highest BCUT2D eigenvalue weighted by Crippen LogP contribution is 2.27. The Labute approximate surface area is 176 Å². The first-order valence-corrected chi connectivity index (χ1v) is 9.97. The van der Waals surface area contributed by atoms with E-state index >= 15 is 0 Å². The van der Waals surface area contributed by atoms with Crippen LogP contribution in [0.5, 0.6) is 17.2 Å². The summed E-state index contributed by atoms with van der Waals surface area (Å²) in [6, 6.07) is 19.0. The number of benzene rings is 3.